The molecule has 1 heteroatoms. The van der Waals surface area contributed by atoms with Crippen LogP contribution < -0.4 is 4.90 Å². The van der Waals surface area contributed by atoms with Crippen molar-refractivity contribution in [2.75, 3.05) is 4.90 Å². The van der Waals surface area contributed by atoms with Crippen LogP contribution in [0.25, 0.3) is 27.8 Å². The summed E-state index contributed by atoms with van der Waals surface area (Å²) in [4.78, 5) is 2.42. The van der Waals surface area contributed by atoms with Crippen molar-refractivity contribution in [1.29, 1.82) is 0 Å². The third kappa shape index (κ3) is 5.69. The van der Waals surface area contributed by atoms with Gasteiger partial charge in [0.1, 0.15) is 0 Å². The Bertz CT molecular complexity index is 3050. The number of benzene rings is 8. The largest absolute Gasteiger partial charge is 0.310 e. The predicted octanol–water partition coefficient (Wildman–Crippen LogP) is 15.6. The van der Waals surface area contributed by atoms with Gasteiger partial charge in [-0.1, -0.05) is 206 Å². The number of nitrogens with zero attached hydrogens (tertiary/aromatic N) is 1. The van der Waals surface area contributed by atoms with Crippen LogP contribution in [-0.2, 0) is 10.8 Å². The van der Waals surface area contributed by atoms with Crippen molar-refractivity contribution < 1.29 is 0 Å². The van der Waals surface area contributed by atoms with E-state index in [1.54, 1.807) is 0 Å². The first-order valence-electron chi connectivity index (χ1n) is 22.5. The number of para-hydroxylation sites is 1. The van der Waals surface area contributed by atoms with Gasteiger partial charge in [0.15, 0.2) is 0 Å². The highest BCUT2D eigenvalue weighted by Crippen LogP contribution is 2.68. The Kier molecular flexibility index (Phi) is 8.97. The van der Waals surface area contributed by atoms with Crippen LogP contribution in [0.3, 0.4) is 0 Å². The SMILES string of the molecule is C1=CCC(C23c4ccccc4C(c4ccccc4)(c4ccc(N(c5ccccc5)c5cc(-c6ccccc6)cc(-c6ccccc6)c5)cc4)c4cccc(c42)C2=CC=CCC23)C=C1. The summed E-state index contributed by atoms with van der Waals surface area (Å²) in [5, 5.41) is 0. The molecule has 12 rings (SSSR count). The first-order chi connectivity index (χ1) is 31.3. The number of allylic oxidation sites excluding steroid dienone is 8. The molecule has 4 aliphatic carbocycles. The van der Waals surface area contributed by atoms with E-state index in [1.807, 2.05) is 0 Å². The van der Waals surface area contributed by atoms with Crippen molar-refractivity contribution in [3.05, 3.63) is 288 Å². The Labute approximate surface area is 371 Å². The fraction of sp³-hybridized carbons (Fsp3) is 0.0968. The summed E-state index contributed by atoms with van der Waals surface area (Å²) in [6, 6.07) is 77.0. The third-order valence-corrected chi connectivity index (χ3v) is 14.4. The Morgan fingerprint density at radius 1 is 0.413 bits per heavy atom. The van der Waals surface area contributed by atoms with E-state index in [1.165, 1.54) is 66.8 Å². The molecule has 0 bridgehead atoms. The number of anilines is 3. The average molecular weight is 806 g/mol. The van der Waals surface area contributed by atoms with Crippen LogP contribution in [0.15, 0.2) is 249 Å². The van der Waals surface area contributed by atoms with Crippen LogP contribution in [0.2, 0.25) is 0 Å². The second-order valence-corrected chi connectivity index (χ2v) is 17.5. The first-order valence-corrected chi connectivity index (χ1v) is 22.5. The van der Waals surface area contributed by atoms with Crippen molar-refractivity contribution in [1.82, 2.24) is 0 Å². The van der Waals surface area contributed by atoms with Gasteiger partial charge in [0.05, 0.1) is 5.41 Å². The van der Waals surface area contributed by atoms with Crippen LogP contribution in [0.5, 0.6) is 0 Å². The van der Waals surface area contributed by atoms with Crippen LogP contribution in [0.1, 0.15) is 51.8 Å². The van der Waals surface area contributed by atoms with Crippen molar-refractivity contribution >= 4 is 22.6 Å². The zero-order chi connectivity index (χ0) is 41.8. The lowest BCUT2D eigenvalue weighted by atomic mass is 9.48. The van der Waals surface area contributed by atoms with Crippen LogP contribution in [0, 0.1) is 11.8 Å². The molecule has 4 atom stereocenters. The lowest BCUT2D eigenvalue weighted by Gasteiger charge is -2.53. The van der Waals surface area contributed by atoms with Crippen LogP contribution in [0.4, 0.5) is 17.1 Å². The lowest BCUT2D eigenvalue weighted by Crippen LogP contribution is -2.49. The summed E-state index contributed by atoms with van der Waals surface area (Å²) < 4.78 is 0. The molecule has 1 nitrogen and oxygen atoms in total. The summed E-state index contributed by atoms with van der Waals surface area (Å²) in [5.74, 6) is 0.679. The molecular weight excluding hydrogens is 759 g/mol. The van der Waals surface area contributed by atoms with Gasteiger partial charge in [-0.15, -0.1) is 0 Å². The Balaban J connectivity index is 1.10. The molecule has 0 fully saturated rings. The molecule has 8 aromatic carbocycles. The maximum absolute atomic E-state index is 2.51. The molecule has 4 unspecified atom stereocenters. The minimum atomic E-state index is -0.563. The minimum Gasteiger partial charge on any atom is -0.310 e. The Hall–Kier alpha value is -7.48. The smallest absolute Gasteiger partial charge is 0.0707 e. The normalized spacial score (nSPS) is 21.2. The molecule has 0 aliphatic heterocycles. The van der Waals surface area contributed by atoms with Crippen molar-refractivity contribution in [2.24, 2.45) is 11.8 Å². The summed E-state index contributed by atoms with van der Waals surface area (Å²) in [6.07, 6.45) is 18.6. The van der Waals surface area contributed by atoms with Gasteiger partial charge in [-0.25, -0.2) is 0 Å². The molecule has 0 saturated heterocycles. The van der Waals surface area contributed by atoms with Gasteiger partial charge in [-0.05, 0) is 128 Å². The topological polar surface area (TPSA) is 3.24 Å². The summed E-state index contributed by atoms with van der Waals surface area (Å²) >= 11 is 0. The fourth-order valence-corrected chi connectivity index (χ4v) is 12.0. The standard InChI is InChI=1S/C62H47N/c1-6-21-44(22-7-1)46-41-47(45-23-8-2-9-24-45)43-53(42-46)63(51-29-14-5-15-30-51)52-39-37-50(38-40-52)61(48-25-10-3-11-26-48)57-34-18-19-35-58(57)62(49-27-12-4-13-28-49)56-33-17-16-31-54(56)55-32-20-36-59(61)60(55)62/h1-27,29-32,34-43,49,56H,28,33H2. The van der Waals surface area contributed by atoms with Gasteiger partial charge in [-0.2, -0.15) is 0 Å². The molecule has 0 saturated carbocycles. The van der Waals surface area contributed by atoms with E-state index in [9.17, 15) is 0 Å². The van der Waals surface area contributed by atoms with Gasteiger partial charge < -0.3 is 4.90 Å². The van der Waals surface area contributed by atoms with Crippen LogP contribution in [-0.4, -0.2) is 0 Å². The second-order valence-electron chi connectivity index (χ2n) is 17.5. The quantitative estimate of drug-likeness (QED) is 0.148. The van der Waals surface area contributed by atoms with Crippen molar-refractivity contribution in [3.63, 3.8) is 0 Å². The monoisotopic (exact) mass is 805 g/mol. The molecule has 0 radical (unpaired) electrons. The predicted molar refractivity (Wildman–Crippen MR) is 263 cm³/mol. The molecule has 0 spiro atoms. The van der Waals surface area contributed by atoms with Crippen LogP contribution >= 0.6 is 0 Å². The number of hydrogen-bond acceptors (Lipinski definition) is 1. The van der Waals surface area contributed by atoms with Gasteiger partial charge in [0.2, 0.25) is 0 Å². The van der Waals surface area contributed by atoms with E-state index < -0.39 is 5.41 Å². The highest BCUT2D eigenvalue weighted by Gasteiger charge is 2.61. The summed E-state index contributed by atoms with van der Waals surface area (Å²) in [5.41, 5.74) is 18.5. The van der Waals surface area contributed by atoms with Crippen molar-refractivity contribution in [3.8, 4) is 22.3 Å². The summed E-state index contributed by atoms with van der Waals surface area (Å²) in [6.45, 7) is 0. The van der Waals surface area contributed by atoms with E-state index >= 15 is 0 Å². The fourth-order valence-electron chi connectivity index (χ4n) is 12.0. The highest BCUT2D eigenvalue weighted by molar-refractivity contribution is 5.89. The minimum absolute atomic E-state index is 0.205. The van der Waals surface area contributed by atoms with Gasteiger partial charge in [0, 0.05) is 28.4 Å². The molecule has 0 amide bonds. The molecular formula is C62H47N. The lowest BCUT2D eigenvalue weighted by molar-refractivity contribution is 0.297. The van der Waals surface area contributed by atoms with E-state index in [0.717, 1.165) is 29.9 Å². The van der Waals surface area contributed by atoms with Gasteiger partial charge >= 0.3 is 0 Å². The van der Waals surface area contributed by atoms with E-state index in [4.69, 9.17) is 0 Å². The number of rotatable bonds is 8. The molecule has 8 aromatic rings. The molecule has 0 heterocycles. The number of hydrogen-bond donors (Lipinski definition) is 0. The number of fused-ring (bicyclic) bond motifs is 5. The zero-order valence-electron chi connectivity index (χ0n) is 35.2. The molecule has 0 aromatic heterocycles. The van der Waals surface area contributed by atoms with Gasteiger partial charge in [0.25, 0.3) is 0 Å². The molecule has 63 heavy (non-hydrogen) atoms. The van der Waals surface area contributed by atoms with Gasteiger partial charge in [-0.3, -0.25) is 0 Å². The van der Waals surface area contributed by atoms with Crippen molar-refractivity contribution in [2.45, 2.75) is 23.7 Å². The average Bonchev–Trinajstić information content (AvgIpc) is 3.68. The first kappa shape index (κ1) is 37.3. The summed E-state index contributed by atoms with van der Waals surface area (Å²) in [7, 11) is 0. The zero-order valence-corrected chi connectivity index (χ0v) is 35.2. The molecule has 0 N–H and O–H groups in total. The maximum atomic E-state index is 2.51. The molecule has 4 aliphatic rings. The second kappa shape index (κ2) is 15.2. The van der Waals surface area contributed by atoms with E-state index in [0.29, 0.717) is 11.8 Å². The highest BCUT2D eigenvalue weighted by atomic mass is 15.1. The Morgan fingerprint density at radius 3 is 1.65 bits per heavy atom. The molecule has 300 valence electrons. The van der Waals surface area contributed by atoms with E-state index in [-0.39, 0.29) is 5.41 Å². The van der Waals surface area contributed by atoms with E-state index in [2.05, 4.69) is 254 Å². The maximum Gasteiger partial charge on any atom is 0.0707 e. The Morgan fingerprint density at radius 2 is 0.984 bits per heavy atom. The third-order valence-electron chi connectivity index (χ3n) is 14.4.